The number of ether oxygens (including phenoxy) is 1. The van der Waals surface area contributed by atoms with Gasteiger partial charge < -0.3 is 10.1 Å². The second-order valence-corrected chi connectivity index (χ2v) is 4.92. The van der Waals surface area contributed by atoms with Gasteiger partial charge in [0, 0.05) is 17.1 Å². The molecule has 0 saturated carbocycles. The molecule has 0 bridgehead atoms. The molecule has 0 aliphatic rings. The molecule has 0 aliphatic carbocycles. The molecule has 0 unspecified atom stereocenters. The molecular formula is C15H24ClNO. The second kappa shape index (κ2) is 9.23. The molecular weight excluding hydrogens is 246 g/mol. The van der Waals surface area contributed by atoms with E-state index in [0.29, 0.717) is 0 Å². The molecule has 2 nitrogen and oxygen atoms in total. The molecule has 0 heterocycles. The molecule has 1 rings (SSSR count). The minimum atomic E-state index is 0.771. The Morgan fingerprint density at radius 1 is 1.17 bits per heavy atom. The molecule has 0 atom stereocenters. The molecule has 102 valence electrons. The Balaban J connectivity index is 2.26. The maximum absolute atomic E-state index is 6.17. The number of benzene rings is 1. The lowest BCUT2D eigenvalue weighted by Crippen LogP contribution is -2.15. The highest BCUT2D eigenvalue weighted by Crippen LogP contribution is 2.25. The maximum Gasteiger partial charge on any atom is 0.124 e. The van der Waals surface area contributed by atoms with Crippen LogP contribution in [-0.4, -0.2) is 13.7 Å². The molecule has 1 aromatic carbocycles. The zero-order chi connectivity index (χ0) is 13.2. The predicted octanol–water partition coefficient (Wildman–Crippen LogP) is 4.41. The van der Waals surface area contributed by atoms with Gasteiger partial charge in [-0.2, -0.15) is 0 Å². The zero-order valence-electron chi connectivity index (χ0n) is 11.5. The van der Waals surface area contributed by atoms with Gasteiger partial charge in [-0.15, -0.1) is 0 Å². The van der Waals surface area contributed by atoms with Crippen LogP contribution in [0, 0.1) is 0 Å². The highest BCUT2D eigenvalue weighted by atomic mass is 35.5. The highest BCUT2D eigenvalue weighted by Gasteiger charge is 2.06. The van der Waals surface area contributed by atoms with Gasteiger partial charge in [0.2, 0.25) is 0 Å². The summed E-state index contributed by atoms with van der Waals surface area (Å²) in [4.78, 5) is 0. The first-order valence-corrected chi connectivity index (χ1v) is 7.19. The van der Waals surface area contributed by atoms with Crippen molar-refractivity contribution in [1.82, 2.24) is 5.32 Å². The van der Waals surface area contributed by atoms with Crippen LogP contribution in [0.25, 0.3) is 0 Å². The molecule has 0 saturated heterocycles. The van der Waals surface area contributed by atoms with Crippen LogP contribution in [0.15, 0.2) is 18.2 Å². The van der Waals surface area contributed by atoms with Crippen LogP contribution in [0.2, 0.25) is 5.02 Å². The molecule has 0 fully saturated rings. The summed E-state index contributed by atoms with van der Waals surface area (Å²) in [5.74, 6) is 0.862. The highest BCUT2D eigenvalue weighted by molar-refractivity contribution is 6.31. The zero-order valence-corrected chi connectivity index (χ0v) is 12.2. The molecule has 0 aromatic heterocycles. The van der Waals surface area contributed by atoms with E-state index >= 15 is 0 Å². The maximum atomic E-state index is 6.17. The topological polar surface area (TPSA) is 21.3 Å². The molecule has 1 N–H and O–H groups in total. The predicted molar refractivity (Wildman–Crippen MR) is 78.5 cm³/mol. The second-order valence-electron chi connectivity index (χ2n) is 4.51. The Labute approximate surface area is 116 Å². The van der Waals surface area contributed by atoms with Crippen molar-refractivity contribution in [3.63, 3.8) is 0 Å². The van der Waals surface area contributed by atoms with Gasteiger partial charge in [0.05, 0.1) is 7.11 Å². The Morgan fingerprint density at radius 3 is 2.67 bits per heavy atom. The van der Waals surface area contributed by atoms with Crippen LogP contribution >= 0.6 is 11.6 Å². The smallest absolute Gasteiger partial charge is 0.124 e. The van der Waals surface area contributed by atoms with Gasteiger partial charge in [0.15, 0.2) is 0 Å². The molecule has 1 aromatic rings. The fourth-order valence-corrected chi connectivity index (χ4v) is 2.20. The molecule has 0 spiro atoms. The minimum Gasteiger partial charge on any atom is -0.496 e. The molecule has 0 aliphatic heterocycles. The van der Waals surface area contributed by atoms with E-state index < -0.39 is 0 Å². The first-order valence-electron chi connectivity index (χ1n) is 6.81. The van der Waals surface area contributed by atoms with E-state index in [2.05, 4.69) is 12.2 Å². The summed E-state index contributed by atoms with van der Waals surface area (Å²) in [5.41, 5.74) is 1.05. The van der Waals surface area contributed by atoms with Crippen LogP contribution in [0.3, 0.4) is 0 Å². The number of hydrogen-bond acceptors (Lipinski definition) is 2. The number of methoxy groups -OCH3 is 1. The SMILES string of the molecule is CCCCCCCNCc1c(Cl)cccc1OC. The van der Waals surface area contributed by atoms with Gasteiger partial charge in [-0.3, -0.25) is 0 Å². The minimum absolute atomic E-state index is 0.771. The summed E-state index contributed by atoms with van der Waals surface area (Å²) in [6.45, 7) is 4.05. The third-order valence-electron chi connectivity index (χ3n) is 3.05. The van der Waals surface area contributed by atoms with Crippen molar-refractivity contribution in [2.75, 3.05) is 13.7 Å². The molecule has 3 heteroatoms. The first kappa shape index (κ1) is 15.3. The van der Waals surface area contributed by atoms with E-state index in [0.717, 1.165) is 29.4 Å². The summed E-state index contributed by atoms with van der Waals surface area (Å²) in [5, 5.41) is 4.20. The Morgan fingerprint density at radius 2 is 1.94 bits per heavy atom. The summed E-state index contributed by atoms with van der Waals surface area (Å²) < 4.78 is 5.31. The average molecular weight is 270 g/mol. The van der Waals surface area contributed by atoms with Crippen molar-refractivity contribution in [3.05, 3.63) is 28.8 Å². The Bertz CT molecular complexity index is 341. The third-order valence-corrected chi connectivity index (χ3v) is 3.41. The van der Waals surface area contributed by atoms with Crippen LogP contribution in [0.5, 0.6) is 5.75 Å². The van der Waals surface area contributed by atoms with Crippen molar-refractivity contribution < 1.29 is 4.74 Å². The number of nitrogens with one attached hydrogen (secondary N) is 1. The van der Waals surface area contributed by atoms with E-state index in [-0.39, 0.29) is 0 Å². The molecule has 0 radical (unpaired) electrons. The van der Waals surface area contributed by atoms with Crippen LogP contribution < -0.4 is 10.1 Å². The van der Waals surface area contributed by atoms with Crippen molar-refractivity contribution >= 4 is 11.6 Å². The van der Waals surface area contributed by atoms with Crippen LogP contribution in [0.1, 0.15) is 44.6 Å². The molecule has 18 heavy (non-hydrogen) atoms. The summed E-state index contributed by atoms with van der Waals surface area (Å²) >= 11 is 6.17. The lowest BCUT2D eigenvalue weighted by atomic mass is 10.1. The average Bonchev–Trinajstić information content (AvgIpc) is 2.39. The Hall–Kier alpha value is -0.730. The van der Waals surface area contributed by atoms with Crippen molar-refractivity contribution in [2.45, 2.75) is 45.6 Å². The molecule has 0 amide bonds. The van der Waals surface area contributed by atoms with Gasteiger partial charge in [-0.25, -0.2) is 0 Å². The van der Waals surface area contributed by atoms with Crippen LogP contribution in [-0.2, 0) is 6.54 Å². The quantitative estimate of drug-likeness (QED) is 0.671. The Kier molecular flexibility index (Phi) is 7.86. The first-order chi connectivity index (χ1) is 8.79. The fourth-order valence-electron chi connectivity index (χ4n) is 1.97. The van der Waals surface area contributed by atoms with E-state index in [9.17, 15) is 0 Å². The lowest BCUT2D eigenvalue weighted by molar-refractivity contribution is 0.407. The fraction of sp³-hybridized carbons (Fsp3) is 0.600. The monoisotopic (exact) mass is 269 g/mol. The summed E-state index contributed by atoms with van der Waals surface area (Å²) in [6.07, 6.45) is 6.52. The number of hydrogen-bond donors (Lipinski definition) is 1. The van der Waals surface area contributed by atoms with E-state index in [1.165, 1.54) is 32.1 Å². The van der Waals surface area contributed by atoms with Gasteiger partial charge in [0.25, 0.3) is 0 Å². The van der Waals surface area contributed by atoms with Gasteiger partial charge in [-0.1, -0.05) is 50.3 Å². The van der Waals surface area contributed by atoms with Gasteiger partial charge in [-0.05, 0) is 25.1 Å². The van der Waals surface area contributed by atoms with Crippen LogP contribution in [0.4, 0.5) is 0 Å². The number of halogens is 1. The number of rotatable bonds is 9. The summed E-state index contributed by atoms with van der Waals surface area (Å²) in [7, 11) is 1.68. The number of unbranched alkanes of at least 4 members (excludes halogenated alkanes) is 4. The summed E-state index contributed by atoms with van der Waals surface area (Å²) in [6, 6.07) is 5.77. The van der Waals surface area contributed by atoms with Crippen molar-refractivity contribution in [2.24, 2.45) is 0 Å². The van der Waals surface area contributed by atoms with Crippen molar-refractivity contribution in [3.8, 4) is 5.75 Å². The van der Waals surface area contributed by atoms with Gasteiger partial charge in [0.1, 0.15) is 5.75 Å². The standard InChI is InChI=1S/C15H24ClNO/c1-3-4-5-6-7-11-17-12-13-14(16)9-8-10-15(13)18-2/h8-10,17H,3-7,11-12H2,1-2H3. The van der Waals surface area contributed by atoms with E-state index in [1.807, 2.05) is 18.2 Å². The normalized spacial score (nSPS) is 10.6. The van der Waals surface area contributed by atoms with E-state index in [1.54, 1.807) is 7.11 Å². The van der Waals surface area contributed by atoms with Crippen molar-refractivity contribution in [1.29, 1.82) is 0 Å². The largest absolute Gasteiger partial charge is 0.496 e. The lowest BCUT2D eigenvalue weighted by Gasteiger charge is -2.11. The van der Waals surface area contributed by atoms with Gasteiger partial charge >= 0.3 is 0 Å². The van der Waals surface area contributed by atoms with E-state index in [4.69, 9.17) is 16.3 Å². The third kappa shape index (κ3) is 5.28.